The maximum absolute atomic E-state index is 13.9. The summed E-state index contributed by atoms with van der Waals surface area (Å²) in [6.07, 6.45) is 1.36. The summed E-state index contributed by atoms with van der Waals surface area (Å²) >= 11 is 0. The van der Waals surface area contributed by atoms with Gasteiger partial charge in [-0.15, -0.1) is 0 Å². The molecule has 1 aromatic heterocycles. The average molecular weight is 361 g/mol. The van der Waals surface area contributed by atoms with Gasteiger partial charge in [0.15, 0.2) is 5.75 Å². The van der Waals surface area contributed by atoms with Crippen LogP contribution in [0.25, 0.3) is 10.9 Å². The number of aromatic nitrogens is 1. The number of hydrogen-bond donors (Lipinski definition) is 1. The largest absolute Gasteiger partial charge is 0.487 e. The van der Waals surface area contributed by atoms with Crippen molar-refractivity contribution in [3.05, 3.63) is 33.6 Å². The number of piperazine rings is 1. The van der Waals surface area contributed by atoms with Crippen LogP contribution in [0, 0.1) is 0 Å². The summed E-state index contributed by atoms with van der Waals surface area (Å²) in [5.74, 6) is -0.793. The molecule has 7 nitrogen and oxygen atoms in total. The van der Waals surface area contributed by atoms with Gasteiger partial charge in [0.1, 0.15) is 18.8 Å². The molecule has 0 aliphatic carbocycles. The summed E-state index contributed by atoms with van der Waals surface area (Å²) in [4.78, 5) is 28.3. The summed E-state index contributed by atoms with van der Waals surface area (Å²) in [5, 5.41) is 9.51. The van der Waals surface area contributed by atoms with Crippen molar-refractivity contribution in [3.8, 4) is 5.75 Å². The number of pyridine rings is 1. The Labute approximate surface area is 149 Å². The molecule has 2 aliphatic heterocycles. The van der Waals surface area contributed by atoms with Crippen LogP contribution >= 0.6 is 0 Å². The van der Waals surface area contributed by atoms with E-state index in [2.05, 4.69) is 9.80 Å². The molecule has 0 atom stereocenters. The lowest BCUT2D eigenvalue weighted by Crippen LogP contribution is -2.45. The first-order chi connectivity index (χ1) is 12.5. The zero-order chi connectivity index (χ0) is 18.4. The van der Waals surface area contributed by atoms with E-state index < -0.39 is 18.1 Å². The summed E-state index contributed by atoms with van der Waals surface area (Å²) in [6, 6.07) is 1.49. The van der Waals surface area contributed by atoms with Crippen molar-refractivity contribution in [1.82, 2.24) is 9.47 Å². The normalized spacial score (nSPS) is 17.4. The number of hydrogen-bond acceptors (Lipinski definition) is 5. The number of carboxylic acids is 1. The van der Waals surface area contributed by atoms with Gasteiger partial charge >= 0.3 is 5.97 Å². The molecule has 3 heterocycles. The highest BCUT2D eigenvalue weighted by Gasteiger charge is 2.28. The van der Waals surface area contributed by atoms with Crippen LogP contribution in [0.1, 0.15) is 15.9 Å². The molecule has 4 rings (SSSR count). The maximum atomic E-state index is 13.9. The minimum atomic E-state index is -1.28. The van der Waals surface area contributed by atoms with E-state index in [1.54, 1.807) is 4.57 Å². The second-order valence-corrected chi connectivity index (χ2v) is 6.75. The predicted molar refractivity (Wildman–Crippen MR) is 95.2 cm³/mol. The third-order valence-electron chi connectivity index (χ3n) is 5.14. The number of ether oxygens (including phenoxy) is 1. The zero-order valence-electron chi connectivity index (χ0n) is 14.5. The van der Waals surface area contributed by atoms with Crippen molar-refractivity contribution in [3.63, 3.8) is 0 Å². The number of rotatable bonds is 3. The van der Waals surface area contributed by atoms with Crippen LogP contribution in [0.4, 0.5) is 10.1 Å². The Bertz CT molecular complexity index is 948. The second-order valence-electron chi connectivity index (χ2n) is 6.75. The Kier molecular flexibility index (Phi) is 4.07. The highest BCUT2D eigenvalue weighted by molar-refractivity contribution is 5.98. The minimum Gasteiger partial charge on any atom is -0.487 e. The molecular weight excluding hydrogens is 341 g/mol. The fraction of sp³-hybridized carbons (Fsp3) is 0.444. The van der Waals surface area contributed by atoms with Gasteiger partial charge in [0.2, 0.25) is 5.43 Å². The van der Waals surface area contributed by atoms with E-state index in [4.69, 9.17) is 4.74 Å². The lowest BCUT2D eigenvalue weighted by Gasteiger charge is -2.37. The van der Waals surface area contributed by atoms with Crippen LogP contribution in [-0.2, 0) is 13.2 Å². The Morgan fingerprint density at radius 1 is 1.27 bits per heavy atom. The maximum Gasteiger partial charge on any atom is 0.341 e. The topological polar surface area (TPSA) is 75.0 Å². The third kappa shape index (κ3) is 2.52. The molecule has 0 saturated carbocycles. The van der Waals surface area contributed by atoms with E-state index in [9.17, 15) is 19.1 Å². The van der Waals surface area contributed by atoms with Crippen molar-refractivity contribution in [1.29, 1.82) is 0 Å². The van der Waals surface area contributed by atoms with Gasteiger partial charge in [0, 0.05) is 37.9 Å². The van der Waals surface area contributed by atoms with E-state index in [0.717, 1.165) is 26.2 Å². The summed E-state index contributed by atoms with van der Waals surface area (Å²) < 4.78 is 21.5. The van der Waals surface area contributed by atoms with Gasteiger partial charge in [-0.05, 0) is 13.1 Å². The summed E-state index contributed by atoms with van der Waals surface area (Å²) in [7, 11) is 2.04. The molecule has 2 aromatic rings. The van der Waals surface area contributed by atoms with Crippen molar-refractivity contribution in [2.24, 2.45) is 0 Å². The molecule has 0 bridgehead atoms. The van der Waals surface area contributed by atoms with Crippen LogP contribution in [0.5, 0.6) is 5.75 Å². The van der Waals surface area contributed by atoms with Crippen LogP contribution < -0.4 is 15.1 Å². The second kappa shape index (κ2) is 6.28. The molecule has 0 amide bonds. The first kappa shape index (κ1) is 16.8. The Morgan fingerprint density at radius 3 is 2.65 bits per heavy atom. The van der Waals surface area contributed by atoms with E-state index in [0.29, 0.717) is 35.7 Å². The van der Waals surface area contributed by atoms with Crippen LogP contribution in [-0.4, -0.2) is 60.4 Å². The standard InChI is InChI=1S/C18H20FN3O4/c1-20-2-4-21(5-3-20)14-11(9-19)8-12-15-17(14)26-7-6-22(15)10-13(16(12)23)18(24)25/h8,10H,2-7,9H2,1H3,(H,24,25). The van der Waals surface area contributed by atoms with Crippen molar-refractivity contribution >= 4 is 22.6 Å². The monoisotopic (exact) mass is 361 g/mol. The van der Waals surface area contributed by atoms with Gasteiger partial charge in [-0.25, -0.2) is 9.18 Å². The number of aromatic carboxylic acids is 1. The lowest BCUT2D eigenvalue weighted by molar-refractivity contribution is 0.0694. The molecule has 138 valence electrons. The molecule has 2 aliphatic rings. The van der Waals surface area contributed by atoms with Gasteiger partial charge in [0.25, 0.3) is 0 Å². The molecule has 0 unspecified atom stereocenters. The van der Waals surface area contributed by atoms with Crippen molar-refractivity contribution < 1.29 is 19.0 Å². The number of alkyl halides is 1. The van der Waals surface area contributed by atoms with Crippen LogP contribution in [0.3, 0.4) is 0 Å². The fourth-order valence-electron chi connectivity index (χ4n) is 3.76. The lowest BCUT2D eigenvalue weighted by atomic mass is 10.0. The van der Waals surface area contributed by atoms with Gasteiger partial charge in [0.05, 0.1) is 23.1 Å². The van der Waals surface area contributed by atoms with Crippen LogP contribution in [0.2, 0.25) is 0 Å². The first-order valence-electron chi connectivity index (χ1n) is 8.60. The molecule has 1 saturated heterocycles. The Hall–Kier alpha value is -2.61. The summed E-state index contributed by atoms with van der Waals surface area (Å²) in [5.41, 5.74) is 0.698. The number of halogens is 1. The SMILES string of the molecule is CN1CCN(c2c(CF)cc3c(=O)c(C(=O)O)cn4c3c2OCC4)CC1. The average Bonchev–Trinajstić information content (AvgIpc) is 2.64. The molecule has 1 fully saturated rings. The van der Waals surface area contributed by atoms with E-state index in [-0.39, 0.29) is 10.9 Å². The van der Waals surface area contributed by atoms with Crippen molar-refractivity contribution in [2.45, 2.75) is 13.2 Å². The van der Waals surface area contributed by atoms with Gasteiger partial charge in [-0.1, -0.05) is 0 Å². The predicted octanol–water partition coefficient (Wildman–Crippen LogP) is 1.31. The number of likely N-dealkylation sites (N-methyl/N-ethyl adjacent to an activating group) is 1. The molecule has 1 aromatic carbocycles. The number of nitrogens with zero attached hydrogens (tertiary/aromatic N) is 3. The van der Waals surface area contributed by atoms with E-state index >= 15 is 0 Å². The molecule has 0 radical (unpaired) electrons. The number of benzene rings is 1. The number of carbonyl (C=O) groups is 1. The molecule has 1 N–H and O–H groups in total. The molecular formula is C18H20FN3O4. The highest BCUT2D eigenvalue weighted by Crippen LogP contribution is 2.41. The van der Waals surface area contributed by atoms with Crippen molar-refractivity contribution in [2.75, 3.05) is 44.7 Å². The zero-order valence-corrected chi connectivity index (χ0v) is 14.5. The third-order valence-corrected chi connectivity index (χ3v) is 5.14. The quantitative estimate of drug-likeness (QED) is 0.889. The number of anilines is 1. The van der Waals surface area contributed by atoms with Gasteiger partial charge in [-0.3, -0.25) is 4.79 Å². The molecule has 26 heavy (non-hydrogen) atoms. The molecule has 0 spiro atoms. The smallest absolute Gasteiger partial charge is 0.341 e. The van der Waals surface area contributed by atoms with E-state index in [1.807, 2.05) is 7.05 Å². The summed E-state index contributed by atoms with van der Waals surface area (Å²) in [6.45, 7) is 3.24. The number of carboxylic acid groups (broad SMARTS) is 1. The fourth-order valence-corrected chi connectivity index (χ4v) is 3.76. The minimum absolute atomic E-state index is 0.199. The van der Waals surface area contributed by atoms with E-state index in [1.165, 1.54) is 12.3 Å². The molecule has 8 heteroatoms. The Balaban J connectivity index is 2.00. The van der Waals surface area contributed by atoms with Gasteiger partial charge < -0.3 is 24.2 Å². The van der Waals surface area contributed by atoms with Gasteiger partial charge in [-0.2, -0.15) is 0 Å². The Morgan fingerprint density at radius 2 is 2.00 bits per heavy atom. The first-order valence-corrected chi connectivity index (χ1v) is 8.60. The van der Waals surface area contributed by atoms with Crippen LogP contribution in [0.15, 0.2) is 17.1 Å². The highest BCUT2D eigenvalue weighted by atomic mass is 19.1.